The van der Waals surface area contributed by atoms with E-state index in [0.29, 0.717) is 24.8 Å². The third-order valence-corrected chi connectivity index (χ3v) is 6.36. The van der Waals surface area contributed by atoms with Gasteiger partial charge in [-0.15, -0.1) is 0 Å². The Morgan fingerprint density at radius 1 is 0.812 bits per heavy atom. The summed E-state index contributed by atoms with van der Waals surface area (Å²) in [6, 6.07) is 20.0. The molecule has 4 atom stereocenters. The van der Waals surface area contributed by atoms with Crippen molar-refractivity contribution < 1.29 is 19.5 Å². The molecule has 0 radical (unpaired) electrons. The highest BCUT2D eigenvalue weighted by Gasteiger charge is 2.36. The van der Waals surface area contributed by atoms with Crippen molar-refractivity contribution in [2.45, 2.75) is 45.7 Å². The van der Waals surface area contributed by atoms with Crippen LogP contribution in [0.3, 0.4) is 0 Å². The maximum atomic E-state index is 11.8. The molecule has 0 aromatic heterocycles. The highest BCUT2D eigenvalue weighted by Crippen LogP contribution is 2.29. The Morgan fingerprint density at radius 2 is 1.25 bits per heavy atom. The Labute approximate surface area is 189 Å². The third-order valence-electron chi connectivity index (χ3n) is 6.36. The molecular formula is C26H32N2O4. The average molecular weight is 437 g/mol. The summed E-state index contributed by atoms with van der Waals surface area (Å²) in [6.45, 7) is 7.37. The fraction of sp³-hybridized carbons (Fsp3) is 0.423. The smallest absolute Gasteiger partial charge is 0.308 e. The van der Waals surface area contributed by atoms with Crippen LogP contribution in [0.25, 0.3) is 0 Å². The second-order valence-corrected chi connectivity index (χ2v) is 8.81. The van der Waals surface area contributed by atoms with E-state index in [1.54, 1.807) is 4.90 Å². The Hall–Kier alpha value is -3.15. The second kappa shape index (κ2) is 10.4. The molecule has 2 amide bonds. The molecule has 2 aliphatic heterocycles. The fourth-order valence-corrected chi connectivity index (χ4v) is 4.39. The number of benzene rings is 2. The first-order chi connectivity index (χ1) is 15.3. The SMILES string of the molecule is CC1CC(=O)N([C@H](C)c2ccccc2)C1.C[C@H](c1ccccc1)N1CC(C(=O)O)CC1=O. The lowest BCUT2D eigenvalue weighted by Crippen LogP contribution is -2.29. The number of carboxylic acid groups (broad SMARTS) is 1. The number of nitrogens with zero attached hydrogens (tertiary/aromatic N) is 2. The van der Waals surface area contributed by atoms with E-state index in [2.05, 4.69) is 26.0 Å². The topological polar surface area (TPSA) is 77.9 Å². The molecule has 0 saturated carbocycles. The molecule has 6 nitrogen and oxygen atoms in total. The van der Waals surface area contributed by atoms with Gasteiger partial charge in [0.15, 0.2) is 0 Å². The molecule has 6 heteroatoms. The molecule has 2 fully saturated rings. The van der Waals surface area contributed by atoms with Gasteiger partial charge in [-0.05, 0) is 30.9 Å². The van der Waals surface area contributed by atoms with Crippen LogP contribution in [-0.2, 0) is 14.4 Å². The van der Waals surface area contributed by atoms with Crippen LogP contribution in [0.5, 0.6) is 0 Å². The fourth-order valence-electron chi connectivity index (χ4n) is 4.39. The summed E-state index contributed by atoms with van der Waals surface area (Å²) < 4.78 is 0. The molecule has 2 heterocycles. The summed E-state index contributed by atoms with van der Waals surface area (Å²) in [4.78, 5) is 38.0. The van der Waals surface area contributed by atoms with E-state index >= 15 is 0 Å². The van der Waals surface area contributed by atoms with Gasteiger partial charge in [0.05, 0.1) is 18.0 Å². The van der Waals surface area contributed by atoms with Crippen molar-refractivity contribution in [3.05, 3.63) is 71.8 Å². The molecule has 32 heavy (non-hydrogen) atoms. The quantitative estimate of drug-likeness (QED) is 0.758. The highest BCUT2D eigenvalue weighted by atomic mass is 16.4. The first-order valence-electron chi connectivity index (χ1n) is 11.2. The number of likely N-dealkylation sites (tertiary alicyclic amines) is 2. The summed E-state index contributed by atoms with van der Waals surface area (Å²) in [5.41, 5.74) is 2.26. The predicted molar refractivity (Wildman–Crippen MR) is 123 cm³/mol. The molecule has 0 aliphatic carbocycles. The summed E-state index contributed by atoms with van der Waals surface area (Å²) in [5, 5.41) is 8.92. The standard InChI is InChI=1S/C13H15NO3.C13H17NO/c1-9(10-5-3-2-4-6-10)14-8-11(13(16)17)7-12(14)15;1-10-8-13(15)14(9-10)11(2)12-6-4-3-5-7-12/h2-6,9,11H,7-8H2,1H3,(H,16,17);3-7,10-11H,8-9H2,1-2H3/t9-,11?;10?,11-/m11/s1. The molecule has 2 aliphatic rings. The number of aliphatic carboxylic acids is 1. The molecule has 2 saturated heterocycles. The highest BCUT2D eigenvalue weighted by molar-refractivity contribution is 5.86. The number of carbonyl (C=O) groups is 3. The third kappa shape index (κ3) is 5.55. The first kappa shape index (κ1) is 23.5. The van der Waals surface area contributed by atoms with Gasteiger partial charge in [0.1, 0.15) is 0 Å². The van der Waals surface area contributed by atoms with Gasteiger partial charge in [0.25, 0.3) is 0 Å². The summed E-state index contributed by atoms with van der Waals surface area (Å²) in [5.74, 6) is -0.731. The van der Waals surface area contributed by atoms with Crippen LogP contribution in [0.2, 0.25) is 0 Å². The van der Waals surface area contributed by atoms with Crippen LogP contribution in [0.1, 0.15) is 56.8 Å². The van der Waals surface area contributed by atoms with E-state index in [1.165, 1.54) is 5.56 Å². The number of hydrogen-bond donors (Lipinski definition) is 1. The van der Waals surface area contributed by atoms with E-state index in [-0.39, 0.29) is 24.4 Å². The van der Waals surface area contributed by atoms with Crippen molar-refractivity contribution >= 4 is 17.8 Å². The van der Waals surface area contributed by atoms with Crippen molar-refractivity contribution in [2.75, 3.05) is 13.1 Å². The van der Waals surface area contributed by atoms with Crippen LogP contribution < -0.4 is 0 Å². The van der Waals surface area contributed by atoms with Gasteiger partial charge in [0.2, 0.25) is 11.8 Å². The zero-order valence-electron chi connectivity index (χ0n) is 19.0. The van der Waals surface area contributed by atoms with Crippen molar-refractivity contribution in [1.29, 1.82) is 0 Å². The van der Waals surface area contributed by atoms with Crippen molar-refractivity contribution in [3.8, 4) is 0 Å². The van der Waals surface area contributed by atoms with Crippen molar-refractivity contribution in [2.24, 2.45) is 11.8 Å². The normalized spacial score (nSPS) is 22.3. The van der Waals surface area contributed by atoms with Crippen LogP contribution >= 0.6 is 0 Å². The Bertz CT molecular complexity index is 931. The molecular weight excluding hydrogens is 404 g/mol. The van der Waals surface area contributed by atoms with Gasteiger partial charge < -0.3 is 14.9 Å². The monoisotopic (exact) mass is 436 g/mol. The minimum atomic E-state index is -0.888. The molecule has 0 spiro atoms. The lowest BCUT2D eigenvalue weighted by atomic mass is 10.1. The second-order valence-electron chi connectivity index (χ2n) is 8.81. The van der Waals surface area contributed by atoms with Gasteiger partial charge in [-0.3, -0.25) is 14.4 Å². The van der Waals surface area contributed by atoms with Crippen LogP contribution in [0.15, 0.2) is 60.7 Å². The minimum Gasteiger partial charge on any atom is -0.481 e. The lowest BCUT2D eigenvalue weighted by molar-refractivity contribution is -0.141. The summed E-state index contributed by atoms with van der Waals surface area (Å²) >= 11 is 0. The minimum absolute atomic E-state index is 0.0620. The van der Waals surface area contributed by atoms with E-state index in [9.17, 15) is 14.4 Å². The lowest BCUT2D eigenvalue weighted by Gasteiger charge is -2.24. The molecule has 170 valence electrons. The number of amides is 2. The largest absolute Gasteiger partial charge is 0.481 e. The number of carboxylic acids is 1. The van der Waals surface area contributed by atoms with E-state index < -0.39 is 11.9 Å². The van der Waals surface area contributed by atoms with E-state index in [4.69, 9.17) is 5.11 Å². The van der Waals surface area contributed by atoms with Crippen molar-refractivity contribution in [1.82, 2.24) is 9.80 Å². The summed E-state index contributed by atoms with van der Waals surface area (Å²) in [6.07, 6.45) is 0.823. The van der Waals surface area contributed by atoms with E-state index in [1.807, 2.05) is 60.4 Å². The molecule has 4 rings (SSSR count). The predicted octanol–water partition coefficient (Wildman–Crippen LogP) is 4.30. The average Bonchev–Trinajstić information content (AvgIpc) is 3.36. The van der Waals surface area contributed by atoms with Gasteiger partial charge in [0, 0.05) is 25.9 Å². The number of carbonyl (C=O) groups excluding carboxylic acids is 2. The Morgan fingerprint density at radius 3 is 1.62 bits per heavy atom. The molecule has 2 aromatic carbocycles. The number of rotatable bonds is 5. The van der Waals surface area contributed by atoms with Gasteiger partial charge in [-0.2, -0.15) is 0 Å². The maximum absolute atomic E-state index is 11.8. The molecule has 2 unspecified atom stereocenters. The molecule has 0 bridgehead atoms. The van der Waals surface area contributed by atoms with E-state index in [0.717, 1.165) is 12.1 Å². The van der Waals surface area contributed by atoms with Crippen LogP contribution in [-0.4, -0.2) is 45.8 Å². The first-order valence-corrected chi connectivity index (χ1v) is 11.2. The Kier molecular flexibility index (Phi) is 7.67. The summed E-state index contributed by atoms with van der Waals surface area (Å²) in [7, 11) is 0. The zero-order valence-corrected chi connectivity index (χ0v) is 19.0. The van der Waals surface area contributed by atoms with Gasteiger partial charge in [-0.25, -0.2) is 0 Å². The zero-order chi connectivity index (χ0) is 23.3. The Balaban J connectivity index is 0.000000182. The number of hydrogen-bond acceptors (Lipinski definition) is 3. The molecule has 2 aromatic rings. The maximum Gasteiger partial charge on any atom is 0.308 e. The van der Waals surface area contributed by atoms with Crippen LogP contribution in [0.4, 0.5) is 0 Å². The van der Waals surface area contributed by atoms with Gasteiger partial charge >= 0.3 is 5.97 Å². The molecule has 1 N–H and O–H groups in total. The van der Waals surface area contributed by atoms with Gasteiger partial charge in [-0.1, -0.05) is 67.6 Å². The van der Waals surface area contributed by atoms with Crippen molar-refractivity contribution in [3.63, 3.8) is 0 Å². The van der Waals surface area contributed by atoms with Crippen LogP contribution in [0, 0.1) is 11.8 Å².